The average Bonchev–Trinajstić information content (AvgIpc) is 2.21. The zero-order chi connectivity index (χ0) is 14.8. The van der Waals surface area contributed by atoms with Crippen molar-refractivity contribution in [3.63, 3.8) is 0 Å². The molecule has 3 heteroatoms. The number of urea groups is 1. The molecule has 1 unspecified atom stereocenters. The van der Waals surface area contributed by atoms with Gasteiger partial charge >= 0.3 is 6.03 Å². The highest BCUT2D eigenvalue weighted by Gasteiger charge is 2.21. The van der Waals surface area contributed by atoms with E-state index in [0.29, 0.717) is 0 Å². The topological polar surface area (TPSA) is 41.1 Å². The summed E-state index contributed by atoms with van der Waals surface area (Å²) in [5.41, 5.74) is 4.36. The lowest BCUT2D eigenvalue weighted by Gasteiger charge is -2.28. The Balaban J connectivity index is 2.79. The molecule has 1 aromatic rings. The summed E-state index contributed by atoms with van der Waals surface area (Å²) in [6.45, 7) is 14.5. The maximum Gasteiger partial charge on any atom is 0.319 e. The fourth-order valence-corrected chi connectivity index (χ4v) is 1.94. The Bertz CT molecular complexity index is 449. The Morgan fingerprint density at radius 1 is 1.11 bits per heavy atom. The fourth-order valence-electron chi connectivity index (χ4n) is 1.94. The lowest BCUT2D eigenvalue weighted by atomic mass is 9.88. The summed E-state index contributed by atoms with van der Waals surface area (Å²) >= 11 is 0. The van der Waals surface area contributed by atoms with Gasteiger partial charge in [-0.25, -0.2) is 4.79 Å². The first kappa shape index (κ1) is 15.5. The highest BCUT2D eigenvalue weighted by molar-refractivity contribution is 5.91. The molecule has 1 rings (SSSR count). The smallest absolute Gasteiger partial charge is 0.319 e. The van der Waals surface area contributed by atoms with Gasteiger partial charge in [0.1, 0.15) is 0 Å². The van der Waals surface area contributed by atoms with E-state index in [1.165, 1.54) is 5.56 Å². The summed E-state index contributed by atoms with van der Waals surface area (Å²) < 4.78 is 0. The average molecular weight is 262 g/mol. The van der Waals surface area contributed by atoms with E-state index in [0.717, 1.165) is 16.8 Å². The molecule has 0 fully saturated rings. The molecule has 0 bridgehead atoms. The van der Waals surface area contributed by atoms with Gasteiger partial charge in [-0.3, -0.25) is 0 Å². The number of carbonyl (C=O) groups is 1. The lowest BCUT2D eigenvalue weighted by Crippen LogP contribution is -2.43. The summed E-state index contributed by atoms with van der Waals surface area (Å²) in [6, 6.07) is 4.13. The van der Waals surface area contributed by atoms with Crippen molar-refractivity contribution < 1.29 is 4.79 Å². The van der Waals surface area contributed by atoms with Crippen LogP contribution in [0.3, 0.4) is 0 Å². The molecule has 19 heavy (non-hydrogen) atoms. The Morgan fingerprint density at radius 3 is 2.00 bits per heavy atom. The number of rotatable bonds is 2. The SMILES string of the molecule is Cc1cc(C)c(NC(=O)NC(C)C(C)(C)C)c(C)c1. The quantitative estimate of drug-likeness (QED) is 0.825. The first-order valence-electron chi connectivity index (χ1n) is 6.76. The number of hydrogen-bond acceptors (Lipinski definition) is 1. The molecule has 0 spiro atoms. The van der Waals surface area contributed by atoms with E-state index < -0.39 is 0 Å². The maximum atomic E-state index is 12.0. The van der Waals surface area contributed by atoms with Crippen LogP contribution in [0.5, 0.6) is 0 Å². The van der Waals surface area contributed by atoms with E-state index in [-0.39, 0.29) is 17.5 Å². The van der Waals surface area contributed by atoms with Gasteiger partial charge in [-0.1, -0.05) is 38.5 Å². The van der Waals surface area contributed by atoms with E-state index in [1.54, 1.807) is 0 Å². The van der Waals surface area contributed by atoms with E-state index in [9.17, 15) is 4.79 Å². The van der Waals surface area contributed by atoms with Crippen LogP contribution in [0.25, 0.3) is 0 Å². The first-order chi connectivity index (χ1) is 8.61. The molecule has 0 aliphatic carbocycles. The normalized spacial score (nSPS) is 13.0. The standard InChI is InChI=1S/C16H26N2O/c1-10-8-11(2)14(12(3)9-10)18-15(19)17-13(4)16(5,6)7/h8-9,13H,1-7H3,(H2,17,18,19). The van der Waals surface area contributed by atoms with Crippen molar-refractivity contribution >= 4 is 11.7 Å². The molecule has 3 nitrogen and oxygen atoms in total. The second kappa shape index (κ2) is 5.64. The maximum absolute atomic E-state index is 12.0. The number of anilines is 1. The molecular weight excluding hydrogens is 236 g/mol. The monoisotopic (exact) mass is 262 g/mol. The van der Waals surface area contributed by atoms with Crippen LogP contribution in [0.4, 0.5) is 10.5 Å². The number of nitrogens with one attached hydrogen (secondary N) is 2. The van der Waals surface area contributed by atoms with Crippen LogP contribution in [-0.2, 0) is 0 Å². The van der Waals surface area contributed by atoms with Crippen molar-refractivity contribution in [2.45, 2.75) is 54.5 Å². The zero-order valence-electron chi connectivity index (χ0n) is 13.1. The van der Waals surface area contributed by atoms with Crippen molar-refractivity contribution in [3.8, 4) is 0 Å². The van der Waals surface area contributed by atoms with E-state index >= 15 is 0 Å². The number of aryl methyl sites for hydroxylation is 3. The van der Waals surface area contributed by atoms with Gasteiger partial charge in [0, 0.05) is 11.7 Å². The van der Waals surface area contributed by atoms with Gasteiger partial charge in [-0.05, 0) is 44.2 Å². The largest absolute Gasteiger partial charge is 0.335 e. The highest BCUT2D eigenvalue weighted by atomic mass is 16.2. The Kier molecular flexibility index (Phi) is 4.61. The van der Waals surface area contributed by atoms with Crippen molar-refractivity contribution in [3.05, 3.63) is 28.8 Å². The van der Waals surface area contributed by atoms with Crippen molar-refractivity contribution in [1.29, 1.82) is 0 Å². The third-order valence-corrected chi connectivity index (χ3v) is 3.56. The highest BCUT2D eigenvalue weighted by Crippen LogP contribution is 2.22. The van der Waals surface area contributed by atoms with Crippen LogP contribution in [0.1, 0.15) is 44.4 Å². The summed E-state index contributed by atoms with van der Waals surface area (Å²) in [6.07, 6.45) is 0. The van der Waals surface area contributed by atoms with Gasteiger partial charge in [-0.15, -0.1) is 0 Å². The van der Waals surface area contributed by atoms with Crippen LogP contribution >= 0.6 is 0 Å². The molecule has 0 radical (unpaired) electrons. The molecule has 0 saturated heterocycles. The molecule has 0 heterocycles. The third-order valence-electron chi connectivity index (χ3n) is 3.56. The van der Waals surface area contributed by atoms with Crippen molar-refractivity contribution in [2.24, 2.45) is 5.41 Å². The van der Waals surface area contributed by atoms with Gasteiger partial charge < -0.3 is 10.6 Å². The second-order valence-corrected chi connectivity index (χ2v) is 6.46. The van der Waals surface area contributed by atoms with E-state index in [4.69, 9.17) is 0 Å². The molecule has 0 aliphatic heterocycles. The fraction of sp³-hybridized carbons (Fsp3) is 0.562. The first-order valence-corrected chi connectivity index (χ1v) is 6.76. The molecule has 106 valence electrons. The van der Waals surface area contributed by atoms with E-state index in [2.05, 4.69) is 50.5 Å². The van der Waals surface area contributed by atoms with Crippen molar-refractivity contribution in [2.75, 3.05) is 5.32 Å². The molecule has 0 saturated carbocycles. The minimum absolute atomic E-state index is 0.0503. The third kappa shape index (κ3) is 4.27. The summed E-state index contributed by atoms with van der Waals surface area (Å²) in [4.78, 5) is 12.0. The molecule has 2 N–H and O–H groups in total. The van der Waals surface area contributed by atoms with Gasteiger partial charge in [0.15, 0.2) is 0 Å². The molecule has 0 aromatic heterocycles. The summed E-state index contributed by atoms with van der Waals surface area (Å²) in [7, 11) is 0. The van der Waals surface area contributed by atoms with Crippen LogP contribution < -0.4 is 10.6 Å². The predicted molar refractivity (Wildman–Crippen MR) is 81.7 cm³/mol. The van der Waals surface area contributed by atoms with Gasteiger partial charge in [0.05, 0.1) is 0 Å². The van der Waals surface area contributed by atoms with Gasteiger partial charge in [0.2, 0.25) is 0 Å². The second-order valence-electron chi connectivity index (χ2n) is 6.46. The van der Waals surface area contributed by atoms with Crippen LogP contribution in [-0.4, -0.2) is 12.1 Å². The van der Waals surface area contributed by atoms with Crippen LogP contribution in [0, 0.1) is 26.2 Å². The molecular formula is C16H26N2O. The van der Waals surface area contributed by atoms with Gasteiger partial charge in [-0.2, -0.15) is 0 Å². The van der Waals surface area contributed by atoms with Crippen molar-refractivity contribution in [1.82, 2.24) is 5.32 Å². The van der Waals surface area contributed by atoms with Crippen LogP contribution in [0.2, 0.25) is 0 Å². The van der Waals surface area contributed by atoms with Crippen LogP contribution in [0.15, 0.2) is 12.1 Å². The number of hydrogen-bond donors (Lipinski definition) is 2. The number of carbonyl (C=O) groups excluding carboxylic acids is 1. The lowest BCUT2D eigenvalue weighted by molar-refractivity contribution is 0.233. The van der Waals surface area contributed by atoms with E-state index in [1.807, 2.05) is 20.8 Å². The minimum atomic E-state index is -0.141. The number of amides is 2. The molecule has 2 amide bonds. The number of benzene rings is 1. The minimum Gasteiger partial charge on any atom is -0.335 e. The Hall–Kier alpha value is -1.51. The Labute approximate surface area is 116 Å². The van der Waals surface area contributed by atoms with Gasteiger partial charge in [0.25, 0.3) is 0 Å². The molecule has 1 atom stereocenters. The molecule has 0 aliphatic rings. The Morgan fingerprint density at radius 2 is 1.58 bits per heavy atom. The zero-order valence-corrected chi connectivity index (χ0v) is 13.1. The summed E-state index contributed by atoms with van der Waals surface area (Å²) in [5, 5.41) is 5.95. The molecule has 1 aromatic carbocycles. The summed E-state index contributed by atoms with van der Waals surface area (Å²) in [5.74, 6) is 0. The predicted octanol–water partition coefficient (Wildman–Crippen LogP) is 4.17.